The third-order valence-electron chi connectivity index (χ3n) is 4.88. The zero-order chi connectivity index (χ0) is 20.6. The Bertz CT molecular complexity index is 915. The number of benzene rings is 2. The lowest BCUT2D eigenvalue weighted by Gasteiger charge is -2.21. The van der Waals surface area contributed by atoms with Crippen molar-refractivity contribution in [3.63, 3.8) is 0 Å². The number of hydrogen-bond acceptors (Lipinski definition) is 5. The topological polar surface area (TPSA) is 79.6 Å². The molecule has 0 aromatic heterocycles. The molecule has 0 spiro atoms. The van der Waals surface area contributed by atoms with Crippen molar-refractivity contribution >= 4 is 17.6 Å². The van der Waals surface area contributed by atoms with Crippen LogP contribution in [0.3, 0.4) is 0 Å². The predicted molar refractivity (Wildman–Crippen MR) is 109 cm³/mol. The van der Waals surface area contributed by atoms with Gasteiger partial charge in [0, 0.05) is 12.2 Å². The number of anilines is 1. The van der Waals surface area contributed by atoms with Gasteiger partial charge in [-0.15, -0.1) is 0 Å². The summed E-state index contributed by atoms with van der Waals surface area (Å²) < 4.78 is 10.6. The number of carbonyl (C=O) groups is 2. The van der Waals surface area contributed by atoms with Gasteiger partial charge in [-0.3, -0.25) is 4.79 Å². The first-order valence-corrected chi connectivity index (χ1v) is 9.71. The molecule has 2 aromatic carbocycles. The molecule has 0 saturated carbocycles. The highest BCUT2D eigenvalue weighted by Crippen LogP contribution is 2.26. The molecule has 0 aliphatic heterocycles. The number of aryl methyl sites for hydroxylation is 3. The summed E-state index contributed by atoms with van der Waals surface area (Å²) in [5, 5.41) is 8.85. The number of rotatable bonds is 8. The van der Waals surface area contributed by atoms with Gasteiger partial charge in [-0.05, 0) is 61.6 Å². The molecule has 3 rings (SSSR count). The van der Waals surface area contributed by atoms with E-state index < -0.39 is 12.6 Å². The number of carbonyl (C=O) groups excluding carboxylic acids is 2. The van der Waals surface area contributed by atoms with Crippen molar-refractivity contribution in [1.82, 2.24) is 0 Å². The van der Waals surface area contributed by atoms with Gasteiger partial charge < -0.3 is 14.4 Å². The minimum absolute atomic E-state index is 0.189. The number of nitriles is 1. The van der Waals surface area contributed by atoms with Crippen LogP contribution in [0, 0.1) is 18.3 Å². The van der Waals surface area contributed by atoms with Gasteiger partial charge in [0.05, 0.1) is 12.5 Å². The SMILES string of the molecule is Cc1ccc(N(CCC#N)C(=O)COC(=O)COc2ccc3c(c2)CCC3)cc1. The third kappa shape index (κ3) is 5.58. The van der Waals surface area contributed by atoms with E-state index in [0.717, 1.165) is 24.8 Å². The van der Waals surface area contributed by atoms with Crippen molar-refractivity contribution in [3.8, 4) is 11.8 Å². The number of esters is 1. The Labute approximate surface area is 170 Å². The van der Waals surface area contributed by atoms with Crippen molar-refractivity contribution in [2.75, 3.05) is 24.7 Å². The maximum Gasteiger partial charge on any atom is 0.344 e. The predicted octanol–water partition coefficient (Wildman–Crippen LogP) is 3.35. The molecule has 6 nitrogen and oxygen atoms in total. The summed E-state index contributed by atoms with van der Waals surface area (Å²) in [4.78, 5) is 26.0. The van der Waals surface area contributed by atoms with E-state index in [-0.39, 0.29) is 25.5 Å². The summed E-state index contributed by atoms with van der Waals surface area (Å²) >= 11 is 0. The highest BCUT2D eigenvalue weighted by atomic mass is 16.6. The fourth-order valence-electron chi connectivity index (χ4n) is 3.33. The average molecular weight is 392 g/mol. The Balaban J connectivity index is 1.51. The van der Waals surface area contributed by atoms with Crippen LogP contribution >= 0.6 is 0 Å². The van der Waals surface area contributed by atoms with Crippen LogP contribution in [0.5, 0.6) is 5.75 Å². The van der Waals surface area contributed by atoms with Crippen LogP contribution in [0.15, 0.2) is 42.5 Å². The maximum absolute atomic E-state index is 12.5. The summed E-state index contributed by atoms with van der Waals surface area (Å²) in [6, 6.07) is 15.3. The van der Waals surface area contributed by atoms with Crippen LogP contribution in [-0.2, 0) is 27.2 Å². The maximum atomic E-state index is 12.5. The average Bonchev–Trinajstić information content (AvgIpc) is 3.20. The molecule has 0 N–H and O–H groups in total. The Morgan fingerprint density at radius 3 is 2.59 bits per heavy atom. The molecule has 0 saturated heterocycles. The number of amides is 1. The molecule has 6 heteroatoms. The van der Waals surface area contributed by atoms with Crippen LogP contribution in [0.25, 0.3) is 0 Å². The molecule has 1 amide bonds. The molecule has 0 atom stereocenters. The Morgan fingerprint density at radius 2 is 1.83 bits per heavy atom. The zero-order valence-electron chi connectivity index (χ0n) is 16.5. The standard InChI is InChI=1S/C23H24N2O4/c1-17-6-9-20(10-7-17)25(13-3-12-24)22(26)15-29-23(27)16-28-21-11-8-18-4-2-5-19(18)14-21/h6-11,14H,2-5,13,15-16H2,1H3. The second kappa shape index (κ2) is 9.74. The minimum atomic E-state index is -0.608. The molecule has 2 aromatic rings. The van der Waals surface area contributed by atoms with E-state index in [1.807, 2.05) is 55.5 Å². The third-order valence-corrected chi connectivity index (χ3v) is 4.88. The second-order valence-corrected chi connectivity index (χ2v) is 7.02. The summed E-state index contributed by atoms with van der Waals surface area (Å²) in [6.07, 6.45) is 3.45. The first-order valence-electron chi connectivity index (χ1n) is 9.71. The lowest BCUT2D eigenvalue weighted by molar-refractivity contribution is -0.149. The fourth-order valence-corrected chi connectivity index (χ4v) is 3.33. The Hall–Kier alpha value is -3.33. The number of nitrogens with zero attached hydrogens (tertiary/aromatic N) is 2. The lowest BCUT2D eigenvalue weighted by atomic mass is 10.1. The van der Waals surface area contributed by atoms with Gasteiger partial charge >= 0.3 is 5.97 Å². The van der Waals surface area contributed by atoms with E-state index >= 15 is 0 Å². The van der Waals surface area contributed by atoms with Crippen molar-refractivity contribution in [1.29, 1.82) is 5.26 Å². The van der Waals surface area contributed by atoms with Gasteiger partial charge in [0.25, 0.3) is 5.91 Å². The second-order valence-electron chi connectivity index (χ2n) is 7.02. The smallest absolute Gasteiger partial charge is 0.344 e. The zero-order valence-corrected chi connectivity index (χ0v) is 16.5. The molecule has 1 aliphatic rings. The van der Waals surface area contributed by atoms with Crippen LogP contribution in [0.2, 0.25) is 0 Å². The molecule has 0 bridgehead atoms. The van der Waals surface area contributed by atoms with Gasteiger partial charge in [0.2, 0.25) is 0 Å². The minimum Gasteiger partial charge on any atom is -0.482 e. The first-order chi connectivity index (χ1) is 14.1. The van der Waals surface area contributed by atoms with Crippen molar-refractivity contribution in [2.45, 2.75) is 32.6 Å². The summed E-state index contributed by atoms with van der Waals surface area (Å²) in [5.74, 6) is -0.359. The highest BCUT2D eigenvalue weighted by Gasteiger charge is 2.18. The largest absolute Gasteiger partial charge is 0.482 e. The van der Waals surface area contributed by atoms with E-state index in [2.05, 4.69) is 0 Å². The molecule has 1 aliphatic carbocycles. The highest BCUT2D eigenvalue weighted by molar-refractivity contribution is 5.95. The molecule has 0 heterocycles. The Morgan fingerprint density at radius 1 is 1.07 bits per heavy atom. The first kappa shape index (κ1) is 20.4. The van der Waals surface area contributed by atoms with Gasteiger partial charge in [0.15, 0.2) is 13.2 Å². The molecule has 29 heavy (non-hydrogen) atoms. The molecule has 150 valence electrons. The lowest BCUT2D eigenvalue weighted by Crippen LogP contribution is -2.36. The van der Waals surface area contributed by atoms with E-state index in [4.69, 9.17) is 14.7 Å². The van der Waals surface area contributed by atoms with Gasteiger partial charge in [-0.2, -0.15) is 5.26 Å². The monoisotopic (exact) mass is 392 g/mol. The van der Waals surface area contributed by atoms with Gasteiger partial charge in [-0.1, -0.05) is 23.8 Å². The van der Waals surface area contributed by atoms with Crippen molar-refractivity contribution in [2.24, 2.45) is 0 Å². The fraction of sp³-hybridized carbons (Fsp3) is 0.348. The normalized spacial score (nSPS) is 12.0. The van der Waals surface area contributed by atoms with E-state index in [1.54, 1.807) is 0 Å². The van der Waals surface area contributed by atoms with Gasteiger partial charge in [0.1, 0.15) is 5.75 Å². The summed E-state index contributed by atoms with van der Waals surface area (Å²) in [6.45, 7) is 1.54. The Kier molecular flexibility index (Phi) is 6.85. The quantitative estimate of drug-likeness (QED) is 0.644. The molecule has 0 fully saturated rings. The number of hydrogen-bond donors (Lipinski definition) is 0. The van der Waals surface area contributed by atoms with Crippen molar-refractivity contribution < 1.29 is 19.1 Å². The number of ether oxygens (including phenoxy) is 2. The van der Waals surface area contributed by atoms with E-state index in [9.17, 15) is 9.59 Å². The molecule has 0 unspecified atom stereocenters. The van der Waals surface area contributed by atoms with Crippen LogP contribution < -0.4 is 9.64 Å². The van der Waals surface area contributed by atoms with Gasteiger partial charge in [-0.25, -0.2) is 4.79 Å². The number of fused-ring (bicyclic) bond motifs is 1. The van der Waals surface area contributed by atoms with E-state index in [0.29, 0.717) is 11.4 Å². The van der Waals surface area contributed by atoms with Crippen molar-refractivity contribution in [3.05, 3.63) is 59.2 Å². The summed E-state index contributed by atoms with van der Waals surface area (Å²) in [5.41, 5.74) is 4.33. The van der Waals surface area contributed by atoms with Crippen LogP contribution in [-0.4, -0.2) is 31.6 Å². The van der Waals surface area contributed by atoms with Crippen LogP contribution in [0.1, 0.15) is 29.5 Å². The van der Waals surface area contributed by atoms with E-state index in [1.165, 1.54) is 16.0 Å². The van der Waals surface area contributed by atoms with Crippen LogP contribution in [0.4, 0.5) is 5.69 Å². The molecular weight excluding hydrogens is 368 g/mol. The summed E-state index contributed by atoms with van der Waals surface area (Å²) in [7, 11) is 0. The molecular formula is C23H24N2O4. The molecule has 0 radical (unpaired) electrons.